The summed E-state index contributed by atoms with van der Waals surface area (Å²) in [5, 5.41) is 6.65. The smallest absolute Gasteiger partial charge is 0.251 e. The molecular formula is C24H33N5O3S. The van der Waals surface area contributed by atoms with Gasteiger partial charge in [-0.2, -0.15) is 11.8 Å². The minimum absolute atomic E-state index is 0.00347. The van der Waals surface area contributed by atoms with Crippen LogP contribution in [0.1, 0.15) is 47.9 Å². The summed E-state index contributed by atoms with van der Waals surface area (Å²) >= 11 is 1.67. The van der Waals surface area contributed by atoms with Crippen LogP contribution in [0.3, 0.4) is 0 Å². The molecule has 2 amide bonds. The fourth-order valence-electron chi connectivity index (χ4n) is 4.78. The van der Waals surface area contributed by atoms with E-state index in [2.05, 4.69) is 20.6 Å². The summed E-state index contributed by atoms with van der Waals surface area (Å²) in [5.41, 5.74) is 2.66. The molecule has 2 aromatic rings. The van der Waals surface area contributed by atoms with Gasteiger partial charge in [0.2, 0.25) is 5.91 Å². The zero-order chi connectivity index (χ0) is 23.3. The Bertz CT molecular complexity index is 953. The van der Waals surface area contributed by atoms with Crippen LogP contribution in [0, 0.1) is 0 Å². The number of hydrogen-bond donors (Lipinski definition) is 3. The number of H-pyrrole nitrogens is 1. The topological polar surface area (TPSA) is 99.4 Å². The number of carbonyl (C=O) groups is 2. The number of imidazole rings is 1. The van der Waals surface area contributed by atoms with Crippen LogP contribution in [-0.4, -0.2) is 71.0 Å². The molecule has 2 aliphatic heterocycles. The molecule has 3 N–H and O–H groups in total. The summed E-state index contributed by atoms with van der Waals surface area (Å²) in [4.78, 5) is 36.0. The molecule has 4 rings (SSSR count). The van der Waals surface area contributed by atoms with Gasteiger partial charge in [0.15, 0.2) is 0 Å². The van der Waals surface area contributed by atoms with Crippen molar-refractivity contribution < 1.29 is 14.3 Å². The number of fused-ring (bicyclic) bond motifs is 2. The Morgan fingerprint density at radius 1 is 1.27 bits per heavy atom. The van der Waals surface area contributed by atoms with Gasteiger partial charge in [0, 0.05) is 37.3 Å². The van der Waals surface area contributed by atoms with Crippen LogP contribution in [0.5, 0.6) is 5.75 Å². The number of carbonyl (C=O) groups excluding carboxylic acids is 2. The maximum absolute atomic E-state index is 13.4. The number of benzene rings is 1. The normalized spacial score (nSPS) is 17.9. The molecule has 3 heterocycles. The van der Waals surface area contributed by atoms with Gasteiger partial charge in [0.05, 0.1) is 24.2 Å². The molecule has 1 saturated heterocycles. The van der Waals surface area contributed by atoms with E-state index in [4.69, 9.17) is 4.74 Å². The first kappa shape index (κ1) is 23.6. The minimum atomic E-state index is -0.536. The van der Waals surface area contributed by atoms with Crippen LogP contribution < -0.4 is 15.4 Å². The standard InChI is InChI=1S/C24H33N5O3S/c1-3-32-18-6-4-17(5-7-18)22(30)28-20(9-15-33-2)23(31)29-13-10-24(11-14-29)21-19(8-12-27-24)25-16-26-21/h4-7,16,20,27H,3,8-15H2,1-2H3,(H,25,26)(H,28,30)/t20-/m1/s1. The Hall–Kier alpha value is -2.52. The van der Waals surface area contributed by atoms with E-state index in [0.29, 0.717) is 31.7 Å². The number of aromatic nitrogens is 2. The number of nitrogens with zero attached hydrogens (tertiary/aromatic N) is 2. The maximum atomic E-state index is 13.4. The fourth-order valence-corrected chi connectivity index (χ4v) is 5.25. The Morgan fingerprint density at radius 2 is 2.03 bits per heavy atom. The first-order chi connectivity index (χ1) is 16.1. The summed E-state index contributed by atoms with van der Waals surface area (Å²) in [6.07, 6.45) is 6.97. The second kappa shape index (κ2) is 10.6. The third-order valence-electron chi connectivity index (χ3n) is 6.58. The molecule has 0 unspecified atom stereocenters. The molecule has 0 aliphatic carbocycles. The Morgan fingerprint density at radius 3 is 2.73 bits per heavy atom. The van der Waals surface area contributed by atoms with Crippen LogP contribution in [0.2, 0.25) is 0 Å². The number of nitrogens with one attached hydrogen (secondary N) is 3. The number of thioether (sulfide) groups is 1. The van der Waals surface area contributed by atoms with E-state index in [1.807, 2.05) is 18.1 Å². The molecule has 8 nitrogen and oxygen atoms in total. The molecular weight excluding hydrogens is 438 g/mol. The molecule has 1 fully saturated rings. The van der Waals surface area contributed by atoms with E-state index < -0.39 is 6.04 Å². The van der Waals surface area contributed by atoms with Crippen LogP contribution in [0.4, 0.5) is 0 Å². The van der Waals surface area contributed by atoms with Crippen molar-refractivity contribution in [2.45, 2.75) is 44.2 Å². The molecule has 0 saturated carbocycles. The van der Waals surface area contributed by atoms with Gasteiger partial charge in [0.1, 0.15) is 11.8 Å². The maximum Gasteiger partial charge on any atom is 0.251 e. The lowest BCUT2D eigenvalue weighted by Gasteiger charge is -2.44. The van der Waals surface area contributed by atoms with Crippen molar-refractivity contribution in [3.05, 3.63) is 47.5 Å². The van der Waals surface area contributed by atoms with Crippen molar-refractivity contribution in [2.75, 3.05) is 38.2 Å². The van der Waals surface area contributed by atoms with E-state index in [-0.39, 0.29) is 17.4 Å². The number of likely N-dealkylation sites (tertiary alicyclic amines) is 1. The molecule has 178 valence electrons. The van der Waals surface area contributed by atoms with Crippen LogP contribution >= 0.6 is 11.8 Å². The van der Waals surface area contributed by atoms with Crippen LogP contribution in [-0.2, 0) is 16.8 Å². The third-order valence-corrected chi connectivity index (χ3v) is 7.22. The monoisotopic (exact) mass is 471 g/mol. The number of ether oxygens (including phenoxy) is 1. The third kappa shape index (κ3) is 5.19. The highest BCUT2D eigenvalue weighted by atomic mass is 32.2. The van der Waals surface area contributed by atoms with Gasteiger partial charge in [-0.3, -0.25) is 9.59 Å². The van der Waals surface area contributed by atoms with Gasteiger partial charge in [-0.15, -0.1) is 0 Å². The van der Waals surface area contributed by atoms with E-state index in [0.717, 1.165) is 43.0 Å². The largest absolute Gasteiger partial charge is 0.494 e. The lowest BCUT2D eigenvalue weighted by atomic mass is 9.80. The van der Waals surface area contributed by atoms with E-state index in [9.17, 15) is 9.59 Å². The summed E-state index contributed by atoms with van der Waals surface area (Å²) < 4.78 is 5.45. The lowest BCUT2D eigenvalue weighted by molar-refractivity contribution is -0.135. The number of hydrogen-bond acceptors (Lipinski definition) is 6. The average Bonchev–Trinajstić information content (AvgIpc) is 3.33. The van der Waals surface area contributed by atoms with Gasteiger partial charge in [-0.05, 0) is 62.5 Å². The highest BCUT2D eigenvalue weighted by Gasteiger charge is 2.42. The van der Waals surface area contributed by atoms with Crippen molar-refractivity contribution in [3.63, 3.8) is 0 Å². The lowest BCUT2D eigenvalue weighted by Crippen LogP contribution is -2.57. The zero-order valence-electron chi connectivity index (χ0n) is 19.4. The first-order valence-electron chi connectivity index (χ1n) is 11.7. The van der Waals surface area contributed by atoms with E-state index in [1.54, 1.807) is 42.4 Å². The molecule has 1 atom stereocenters. The van der Waals surface area contributed by atoms with Gasteiger partial charge in [-0.1, -0.05) is 0 Å². The number of amides is 2. The van der Waals surface area contributed by atoms with Crippen LogP contribution in [0.25, 0.3) is 0 Å². The number of aromatic amines is 1. The number of piperidine rings is 1. The predicted molar refractivity (Wildman–Crippen MR) is 130 cm³/mol. The molecule has 0 bridgehead atoms. The second-order valence-electron chi connectivity index (χ2n) is 8.58. The predicted octanol–water partition coefficient (Wildman–Crippen LogP) is 2.32. The van der Waals surface area contributed by atoms with Crippen molar-refractivity contribution in [1.82, 2.24) is 25.5 Å². The van der Waals surface area contributed by atoms with Gasteiger partial charge in [-0.25, -0.2) is 4.98 Å². The van der Waals surface area contributed by atoms with Gasteiger partial charge >= 0.3 is 0 Å². The molecule has 1 aromatic heterocycles. The van der Waals surface area contributed by atoms with Gasteiger partial charge in [0.25, 0.3) is 5.91 Å². The highest BCUT2D eigenvalue weighted by molar-refractivity contribution is 7.98. The molecule has 33 heavy (non-hydrogen) atoms. The summed E-state index contributed by atoms with van der Waals surface area (Å²) in [5.74, 6) is 1.29. The first-order valence-corrected chi connectivity index (χ1v) is 13.0. The summed E-state index contributed by atoms with van der Waals surface area (Å²) in [6.45, 7) is 4.70. The average molecular weight is 472 g/mol. The zero-order valence-corrected chi connectivity index (χ0v) is 20.2. The van der Waals surface area contributed by atoms with Crippen molar-refractivity contribution in [2.24, 2.45) is 0 Å². The van der Waals surface area contributed by atoms with Crippen molar-refractivity contribution in [1.29, 1.82) is 0 Å². The fraction of sp³-hybridized carbons (Fsp3) is 0.542. The number of rotatable bonds is 8. The van der Waals surface area contributed by atoms with Crippen molar-refractivity contribution in [3.8, 4) is 5.75 Å². The van der Waals surface area contributed by atoms with Crippen molar-refractivity contribution >= 4 is 23.6 Å². The quantitative estimate of drug-likeness (QED) is 0.547. The molecule has 1 aromatic carbocycles. The summed E-state index contributed by atoms with van der Waals surface area (Å²) in [6, 6.07) is 6.49. The highest BCUT2D eigenvalue weighted by Crippen LogP contribution is 2.36. The van der Waals surface area contributed by atoms with E-state index in [1.165, 1.54) is 5.69 Å². The SMILES string of the molecule is CCOc1ccc(C(=O)N[C@H](CCSC)C(=O)N2CCC3(CC2)NCCc2[nH]cnc23)cc1. The second-order valence-corrected chi connectivity index (χ2v) is 9.56. The Kier molecular flexibility index (Phi) is 7.60. The Balaban J connectivity index is 1.40. The molecule has 2 aliphatic rings. The Labute approximate surface area is 199 Å². The molecule has 1 spiro atoms. The molecule has 0 radical (unpaired) electrons. The molecule has 9 heteroatoms. The van der Waals surface area contributed by atoms with Gasteiger partial charge < -0.3 is 25.3 Å². The minimum Gasteiger partial charge on any atom is -0.494 e. The van der Waals surface area contributed by atoms with Crippen LogP contribution in [0.15, 0.2) is 30.6 Å². The summed E-state index contributed by atoms with van der Waals surface area (Å²) in [7, 11) is 0. The van der Waals surface area contributed by atoms with E-state index >= 15 is 0 Å².